The first-order valence-electron chi connectivity index (χ1n) is 5.72. The second-order valence-corrected chi connectivity index (χ2v) is 6.79. The molecule has 1 rings (SSSR count). The van der Waals surface area contributed by atoms with Gasteiger partial charge in [0.15, 0.2) is 5.03 Å². The van der Waals surface area contributed by atoms with Gasteiger partial charge in [-0.3, -0.25) is 5.10 Å². The first-order chi connectivity index (χ1) is 8.54. The predicted octanol–water partition coefficient (Wildman–Crippen LogP) is 0.503. The van der Waals surface area contributed by atoms with E-state index in [1.807, 2.05) is 13.2 Å². The Labute approximate surface area is 113 Å². The van der Waals surface area contributed by atoms with E-state index in [1.54, 1.807) is 25.0 Å². The summed E-state index contributed by atoms with van der Waals surface area (Å²) in [5.74, 6) is 0.770. The van der Waals surface area contributed by atoms with Gasteiger partial charge >= 0.3 is 0 Å². The van der Waals surface area contributed by atoms with Crippen molar-refractivity contribution in [2.45, 2.75) is 18.5 Å². The van der Waals surface area contributed by atoms with E-state index in [-0.39, 0.29) is 5.03 Å². The van der Waals surface area contributed by atoms with Crippen LogP contribution in [-0.2, 0) is 16.6 Å². The summed E-state index contributed by atoms with van der Waals surface area (Å²) in [4.78, 5) is 0. The van der Waals surface area contributed by atoms with E-state index < -0.39 is 10.0 Å². The summed E-state index contributed by atoms with van der Waals surface area (Å²) in [6.07, 6.45) is 3.51. The van der Waals surface area contributed by atoms with E-state index >= 15 is 0 Å². The molecule has 6 nitrogen and oxygen atoms in total. The number of aromatic amines is 1. The minimum absolute atomic E-state index is 0.187. The minimum atomic E-state index is -3.47. The van der Waals surface area contributed by atoms with Crippen LogP contribution >= 0.6 is 11.8 Å². The van der Waals surface area contributed by atoms with Crippen molar-refractivity contribution in [1.82, 2.24) is 19.8 Å². The first-order valence-corrected chi connectivity index (χ1v) is 8.55. The predicted molar refractivity (Wildman–Crippen MR) is 74.2 cm³/mol. The summed E-state index contributed by atoms with van der Waals surface area (Å²) in [5.41, 5.74) is 0.674. The molecule has 0 aliphatic heterocycles. The van der Waals surface area contributed by atoms with E-state index in [1.165, 1.54) is 4.31 Å². The fourth-order valence-corrected chi connectivity index (χ4v) is 3.24. The van der Waals surface area contributed by atoms with Crippen LogP contribution in [0, 0.1) is 0 Å². The van der Waals surface area contributed by atoms with Crippen molar-refractivity contribution in [2.75, 3.05) is 32.1 Å². The van der Waals surface area contributed by atoms with E-state index in [4.69, 9.17) is 0 Å². The van der Waals surface area contributed by atoms with Crippen molar-refractivity contribution in [3.63, 3.8) is 0 Å². The second kappa shape index (κ2) is 7.13. The number of sulfonamides is 1. The quantitative estimate of drug-likeness (QED) is 0.729. The van der Waals surface area contributed by atoms with Gasteiger partial charge in [-0.25, -0.2) is 8.42 Å². The molecule has 0 atom stereocenters. The molecule has 0 radical (unpaired) electrons. The molecule has 2 N–H and O–H groups in total. The molecule has 0 unspecified atom stereocenters. The molecule has 18 heavy (non-hydrogen) atoms. The Bertz CT molecular complexity index is 458. The molecule has 0 bridgehead atoms. The van der Waals surface area contributed by atoms with Crippen molar-refractivity contribution >= 4 is 21.8 Å². The summed E-state index contributed by atoms with van der Waals surface area (Å²) in [7, 11) is -1.88. The number of hydrogen-bond donors (Lipinski definition) is 2. The van der Waals surface area contributed by atoms with Crippen LogP contribution in [0.15, 0.2) is 11.2 Å². The van der Waals surface area contributed by atoms with Crippen LogP contribution in [0.1, 0.15) is 12.5 Å². The zero-order chi connectivity index (χ0) is 13.6. The number of hydrogen-bond acceptors (Lipinski definition) is 5. The summed E-state index contributed by atoms with van der Waals surface area (Å²) in [6, 6.07) is 0. The van der Waals surface area contributed by atoms with Crippen LogP contribution in [0.2, 0.25) is 0 Å². The SMILES string of the molecule is CCNCc1cn[nH]c1S(=O)(=O)N(C)CCSC. The molecular weight excluding hydrogens is 272 g/mol. The third-order valence-corrected chi connectivity index (χ3v) is 4.99. The van der Waals surface area contributed by atoms with E-state index in [0.717, 1.165) is 12.3 Å². The lowest BCUT2D eigenvalue weighted by Gasteiger charge is -2.16. The Kier molecular flexibility index (Phi) is 6.13. The van der Waals surface area contributed by atoms with Crippen molar-refractivity contribution in [1.29, 1.82) is 0 Å². The van der Waals surface area contributed by atoms with Gasteiger partial charge in [0.2, 0.25) is 0 Å². The monoisotopic (exact) mass is 292 g/mol. The lowest BCUT2D eigenvalue weighted by Crippen LogP contribution is -2.30. The standard InChI is InChI=1S/C10H20N4O2S2/c1-4-11-7-9-8-12-13-10(9)18(15,16)14(2)5-6-17-3/h8,11H,4-7H2,1-3H3,(H,12,13). The molecule has 0 fully saturated rings. The Hall–Kier alpha value is -0.570. The smallest absolute Gasteiger partial charge is 0.260 e. The number of nitrogens with zero attached hydrogens (tertiary/aromatic N) is 2. The number of rotatable bonds is 8. The number of thioether (sulfide) groups is 1. The maximum absolute atomic E-state index is 12.3. The number of nitrogens with one attached hydrogen (secondary N) is 2. The molecule has 0 aromatic carbocycles. The fraction of sp³-hybridized carbons (Fsp3) is 0.700. The van der Waals surface area contributed by atoms with Crippen molar-refractivity contribution in [3.8, 4) is 0 Å². The number of H-pyrrole nitrogens is 1. The summed E-state index contributed by atoms with van der Waals surface area (Å²) < 4.78 is 26.0. The molecular formula is C10H20N4O2S2. The molecule has 8 heteroatoms. The van der Waals surface area contributed by atoms with Crippen molar-refractivity contribution < 1.29 is 8.42 Å². The van der Waals surface area contributed by atoms with Crippen LogP contribution in [-0.4, -0.2) is 55.1 Å². The highest BCUT2D eigenvalue weighted by molar-refractivity contribution is 7.98. The largest absolute Gasteiger partial charge is 0.313 e. The lowest BCUT2D eigenvalue weighted by molar-refractivity contribution is 0.483. The van der Waals surface area contributed by atoms with Crippen LogP contribution < -0.4 is 5.32 Å². The highest BCUT2D eigenvalue weighted by atomic mass is 32.2. The van der Waals surface area contributed by atoms with E-state index in [9.17, 15) is 8.42 Å². The van der Waals surface area contributed by atoms with Crippen LogP contribution in [0.25, 0.3) is 0 Å². The zero-order valence-electron chi connectivity index (χ0n) is 10.9. The van der Waals surface area contributed by atoms with Gasteiger partial charge in [0.25, 0.3) is 10.0 Å². The van der Waals surface area contributed by atoms with Gasteiger partial charge in [-0.2, -0.15) is 21.2 Å². The first kappa shape index (κ1) is 15.5. The van der Waals surface area contributed by atoms with Crippen LogP contribution in [0.4, 0.5) is 0 Å². The van der Waals surface area contributed by atoms with Gasteiger partial charge in [0, 0.05) is 31.5 Å². The molecule has 1 aromatic heterocycles. The summed E-state index contributed by atoms with van der Waals surface area (Å²) in [5, 5.41) is 9.70. The summed E-state index contributed by atoms with van der Waals surface area (Å²) in [6.45, 7) is 3.74. The maximum atomic E-state index is 12.3. The normalized spacial score (nSPS) is 12.2. The Morgan fingerprint density at radius 1 is 1.56 bits per heavy atom. The molecule has 104 valence electrons. The third kappa shape index (κ3) is 3.71. The fourth-order valence-electron chi connectivity index (χ4n) is 1.40. The molecule has 1 heterocycles. The van der Waals surface area contributed by atoms with Crippen molar-refractivity contribution in [2.24, 2.45) is 0 Å². The average Bonchev–Trinajstić information content (AvgIpc) is 2.82. The Morgan fingerprint density at radius 3 is 2.89 bits per heavy atom. The average molecular weight is 292 g/mol. The molecule has 1 aromatic rings. The third-order valence-electron chi connectivity index (χ3n) is 2.52. The van der Waals surface area contributed by atoms with E-state index in [0.29, 0.717) is 18.7 Å². The highest BCUT2D eigenvalue weighted by Crippen LogP contribution is 2.16. The van der Waals surface area contributed by atoms with Gasteiger partial charge < -0.3 is 5.32 Å². The van der Waals surface area contributed by atoms with Gasteiger partial charge in [-0.15, -0.1) is 0 Å². The Morgan fingerprint density at radius 2 is 2.28 bits per heavy atom. The second-order valence-electron chi connectivity index (χ2n) is 3.82. The maximum Gasteiger partial charge on any atom is 0.260 e. The van der Waals surface area contributed by atoms with Gasteiger partial charge in [0.1, 0.15) is 0 Å². The van der Waals surface area contributed by atoms with Crippen LogP contribution in [0.5, 0.6) is 0 Å². The highest BCUT2D eigenvalue weighted by Gasteiger charge is 2.25. The molecule has 0 aliphatic rings. The molecule has 0 spiro atoms. The molecule has 0 saturated heterocycles. The van der Waals surface area contributed by atoms with Gasteiger partial charge in [-0.1, -0.05) is 6.92 Å². The van der Waals surface area contributed by atoms with Gasteiger partial charge in [-0.05, 0) is 12.8 Å². The molecule has 0 amide bonds. The van der Waals surface area contributed by atoms with Crippen LogP contribution in [0.3, 0.4) is 0 Å². The van der Waals surface area contributed by atoms with Gasteiger partial charge in [0.05, 0.1) is 6.20 Å². The minimum Gasteiger partial charge on any atom is -0.313 e. The lowest BCUT2D eigenvalue weighted by atomic mass is 10.3. The van der Waals surface area contributed by atoms with E-state index in [2.05, 4.69) is 15.5 Å². The Balaban J connectivity index is 2.87. The van der Waals surface area contributed by atoms with Crippen molar-refractivity contribution in [3.05, 3.63) is 11.8 Å². The molecule has 0 saturated carbocycles. The zero-order valence-corrected chi connectivity index (χ0v) is 12.6. The summed E-state index contributed by atoms with van der Waals surface area (Å²) >= 11 is 1.62. The molecule has 0 aliphatic carbocycles. The number of aromatic nitrogens is 2. The topological polar surface area (TPSA) is 78.1 Å².